The van der Waals surface area contributed by atoms with Crippen molar-refractivity contribution in [3.63, 3.8) is 0 Å². The maximum Gasteiger partial charge on any atom is 0.132 e. The molecule has 0 atom stereocenters. The molecular weight excluding hydrogens is 305 g/mol. The van der Waals surface area contributed by atoms with Gasteiger partial charge in [-0.15, -0.1) is 0 Å². The maximum atomic E-state index is 9.28. The lowest BCUT2D eigenvalue weighted by atomic mass is 10.1. The number of nitriles is 1. The van der Waals surface area contributed by atoms with E-state index in [0.717, 1.165) is 10.9 Å². The van der Waals surface area contributed by atoms with Crippen LogP contribution in [0.15, 0.2) is 48.5 Å². The van der Waals surface area contributed by atoms with Gasteiger partial charge in [-0.3, -0.25) is 0 Å². The molecule has 3 nitrogen and oxygen atoms in total. The molecular formula is C16H9Cl2N3. The van der Waals surface area contributed by atoms with Crippen LogP contribution in [0.3, 0.4) is 0 Å². The van der Waals surface area contributed by atoms with Crippen LogP contribution >= 0.6 is 23.2 Å². The van der Waals surface area contributed by atoms with Gasteiger partial charge < -0.3 is 5.32 Å². The first-order valence-electron chi connectivity index (χ1n) is 6.20. The molecule has 0 spiro atoms. The summed E-state index contributed by atoms with van der Waals surface area (Å²) < 4.78 is 0. The minimum Gasteiger partial charge on any atom is -0.338 e. The van der Waals surface area contributed by atoms with Crippen molar-refractivity contribution in [2.45, 2.75) is 0 Å². The lowest BCUT2D eigenvalue weighted by molar-refractivity contribution is 1.36. The number of aromatic nitrogens is 1. The summed E-state index contributed by atoms with van der Waals surface area (Å²) in [5.41, 5.74) is 1.86. The van der Waals surface area contributed by atoms with Gasteiger partial charge in [-0.2, -0.15) is 5.26 Å². The van der Waals surface area contributed by atoms with E-state index in [1.54, 1.807) is 24.3 Å². The van der Waals surface area contributed by atoms with Crippen LogP contribution in [-0.2, 0) is 0 Å². The molecule has 2 aromatic carbocycles. The van der Waals surface area contributed by atoms with Crippen molar-refractivity contribution in [1.82, 2.24) is 4.98 Å². The Morgan fingerprint density at radius 2 is 1.71 bits per heavy atom. The largest absolute Gasteiger partial charge is 0.338 e. The molecule has 3 rings (SSSR count). The molecule has 0 amide bonds. The first kappa shape index (κ1) is 13.7. The van der Waals surface area contributed by atoms with Gasteiger partial charge in [0.05, 0.1) is 32.9 Å². The number of fused-ring (bicyclic) bond motifs is 1. The molecule has 0 bridgehead atoms. The zero-order chi connectivity index (χ0) is 14.8. The number of benzene rings is 2. The van der Waals surface area contributed by atoms with Crippen LogP contribution in [0.4, 0.5) is 11.5 Å². The Morgan fingerprint density at radius 3 is 2.43 bits per heavy atom. The van der Waals surface area contributed by atoms with Crippen molar-refractivity contribution in [2.75, 3.05) is 5.32 Å². The Morgan fingerprint density at radius 1 is 1.00 bits per heavy atom. The number of anilines is 2. The summed E-state index contributed by atoms with van der Waals surface area (Å²) in [6, 6.07) is 16.6. The van der Waals surface area contributed by atoms with Gasteiger partial charge in [-0.05, 0) is 24.3 Å². The van der Waals surface area contributed by atoms with Crippen LogP contribution in [0.1, 0.15) is 5.56 Å². The standard InChI is InChI=1S/C16H9Cl2N3/c17-12-5-3-6-13(18)16(12)21-15-8-10(9-19)11-4-1-2-7-14(11)20-15/h1-8H,(H,20,21). The Labute approximate surface area is 131 Å². The fourth-order valence-corrected chi connectivity index (χ4v) is 2.57. The summed E-state index contributed by atoms with van der Waals surface area (Å²) in [4.78, 5) is 4.48. The van der Waals surface area contributed by atoms with Crippen molar-refractivity contribution >= 4 is 45.6 Å². The van der Waals surface area contributed by atoms with Crippen molar-refractivity contribution in [2.24, 2.45) is 0 Å². The first-order valence-corrected chi connectivity index (χ1v) is 6.95. The molecule has 0 radical (unpaired) electrons. The van der Waals surface area contributed by atoms with E-state index in [1.165, 1.54) is 0 Å². The van der Waals surface area contributed by atoms with E-state index in [-0.39, 0.29) is 0 Å². The quantitative estimate of drug-likeness (QED) is 0.711. The molecule has 0 fully saturated rings. The van der Waals surface area contributed by atoms with Gasteiger partial charge >= 0.3 is 0 Å². The molecule has 0 aliphatic carbocycles. The number of nitrogens with one attached hydrogen (secondary N) is 1. The molecule has 102 valence electrons. The van der Waals surface area contributed by atoms with Gasteiger partial charge in [0.2, 0.25) is 0 Å². The van der Waals surface area contributed by atoms with Gasteiger partial charge in [0.25, 0.3) is 0 Å². The summed E-state index contributed by atoms with van der Waals surface area (Å²) in [5, 5.41) is 14.2. The molecule has 0 saturated heterocycles. The monoisotopic (exact) mass is 313 g/mol. The second kappa shape index (κ2) is 5.61. The fourth-order valence-electron chi connectivity index (χ4n) is 2.08. The highest BCUT2D eigenvalue weighted by Crippen LogP contribution is 2.32. The normalized spacial score (nSPS) is 10.3. The lowest BCUT2D eigenvalue weighted by Crippen LogP contribution is -1.97. The maximum absolute atomic E-state index is 9.28. The lowest BCUT2D eigenvalue weighted by Gasteiger charge is -2.11. The van der Waals surface area contributed by atoms with Gasteiger partial charge in [-0.1, -0.05) is 47.5 Å². The van der Waals surface area contributed by atoms with Crippen molar-refractivity contribution in [3.05, 3.63) is 64.1 Å². The minimum absolute atomic E-state index is 0.496. The highest BCUT2D eigenvalue weighted by Gasteiger charge is 2.09. The van der Waals surface area contributed by atoms with Gasteiger partial charge in [0.1, 0.15) is 5.82 Å². The van der Waals surface area contributed by atoms with Gasteiger partial charge in [0, 0.05) is 5.39 Å². The molecule has 0 unspecified atom stereocenters. The smallest absolute Gasteiger partial charge is 0.132 e. The number of pyridine rings is 1. The molecule has 1 N–H and O–H groups in total. The fraction of sp³-hybridized carbons (Fsp3) is 0. The average Bonchev–Trinajstić information content (AvgIpc) is 2.50. The summed E-state index contributed by atoms with van der Waals surface area (Å²) in [6.45, 7) is 0. The van der Waals surface area contributed by atoms with Crippen LogP contribution < -0.4 is 5.32 Å². The van der Waals surface area contributed by atoms with Gasteiger partial charge in [-0.25, -0.2) is 4.98 Å². The Bertz CT molecular complexity index is 849. The summed E-state index contributed by atoms with van der Waals surface area (Å²) >= 11 is 12.3. The average molecular weight is 314 g/mol. The highest BCUT2D eigenvalue weighted by atomic mass is 35.5. The zero-order valence-corrected chi connectivity index (χ0v) is 12.3. The second-order valence-electron chi connectivity index (χ2n) is 4.41. The minimum atomic E-state index is 0.496. The molecule has 0 saturated carbocycles. The van der Waals surface area contributed by atoms with Crippen LogP contribution in [-0.4, -0.2) is 4.98 Å². The Balaban J connectivity index is 2.12. The Kier molecular flexibility index (Phi) is 3.66. The van der Waals surface area contributed by atoms with Crippen molar-refractivity contribution in [1.29, 1.82) is 5.26 Å². The van der Waals surface area contributed by atoms with E-state index < -0.39 is 0 Å². The van der Waals surface area contributed by atoms with Crippen molar-refractivity contribution in [3.8, 4) is 6.07 Å². The third-order valence-corrected chi connectivity index (χ3v) is 3.68. The molecule has 0 aliphatic heterocycles. The van der Waals surface area contributed by atoms with Crippen LogP contribution in [0.2, 0.25) is 10.0 Å². The predicted octanol–water partition coefficient (Wildman–Crippen LogP) is 5.16. The number of hydrogen-bond acceptors (Lipinski definition) is 3. The van der Waals surface area contributed by atoms with Gasteiger partial charge in [0.15, 0.2) is 0 Å². The number of hydrogen-bond donors (Lipinski definition) is 1. The summed E-state index contributed by atoms with van der Waals surface area (Å²) in [5.74, 6) is 0.528. The second-order valence-corrected chi connectivity index (χ2v) is 5.22. The van der Waals surface area contributed by atoms with E-state index in [1.807, 2.05) is 24.3 Å². The van der Waals surface area contributed by atoms with Crippen LogP contribution in [0.5, 0.6) is 0 Å². The number of nitrogens with zero attached hydrogens (tertiary/aromatic N) is 2. The van der Waals surface area contributed by atoms with E-state index in [4.69, 9.17) is 23.2 Å². The molecule has 3 aromatic rings. The molecule has 5 heteroatoms. The topological polar surface area (TPSA) is 48.7 Å². The highest BCUT2D eigenvalue weighted by molar-refractivity contribution is 6.39. The molecule has 1 heterocycles. The molecule has 1 aromatic heterocycles. The summed E-state index contributed by atoms with van der Waals surface area (Å²) in [6.07, 6.45) is 0. The van der Waals surface area contributed by atoms with E-state index in [2.05, 4.69) is 16.4 Å². The van der Waals surface area contributed by atoms with Crippen LogP contribution in [0.25, 0.3) is 10.9 Å². The Hall–Kier alpha value is -2.28. The van der Waals surface area contributed by atoms with E-state index >= 15 is 0 Å². The van der Waals surface area contributed by atoms with Crippen molar-refractivity contribution < 1.29 is 0 Å². The van der Waals surface area contributed by atoms with Crippen LogP contribution in [0, 0.1) is 11.3 Å². The third-order valence-electron chi connectivity index (χ3n) is 3.05. The molecule has 0 aliphatic rings. The first-order chi connectivity index (χ1) is 10.2. The number of halogens is 2. The molecule has 21 heavy (non-hydrogen) atoms. The SMILES string of the molecule is N#Cc1cc(Nc2c(Cl)cccc2Cl)nc2ccccc12. The number of rotatable bonds is 2. The third kappa shape index (κ3) is 2.64. The predicted molar refractivity (Wildman–Crippen MR) is 86.2 cm³/mol. The zero-order valence-electron chi connectivity index (χ0n) is 10.8. The number of para-hydroxylation sites is 2. The summed E-state index contributed by atoms with van der Waals surface area (Å²) in [7, 11) is 0. The van der Waals surface area contributed by atoms with E-state index in [0.29, 0.717) is 27.1 Å². The van der Waals surface area contributed by atoms with E-state index in [9.17, 15) is 5.26 Å².